The summed E-state index contributed by atoms with van der Waals surface area (Å²) in [5.41, 5.74) is 4.63. The first-order valence-corrected chi connectivity index (χ1v) is 11.4. The van der Waals surface area contributed by atoms with E-state index in [-0.39, 0.29) is 0 Å². The predicted octanol–water partition coefficient (Wildman–Crippen LogP) is 4.29. The molecular formula is C23H24N8OS. The Balaban J connectivity index is 1.37. The molecule has 168 valence electrons. The van der Waals surface area contributed by atoms with Crippen LogP contribution in [0.1, 0.15) is 5.56 Å². The van der Waals surface area contributed by atoms with Crippen LogP contribution in [0.25, 0.3) is 33.3 Å². The van der Waals surface area contributed by atoms with E-state index in [1.165, 1.54) is 5.56 Å². The molecule has 1 aromatic carbocycles. The fraction of sp³-hybridized carbons (Fsp3) is 0.217. The summed E-state index contributed by atoms with van der Waals surface area (Å²) in [6.07, 6.45) is 3.47. The summed E-state index contributed by atoms with van der Waals surface area (Å²) in [4.78, 5) is 20.4. The van der Waals surface area contributed by atoms with Crippen LogP contribution in [0.4, 0.5) is 11.5 Å². The van der Waals surface area contributed by atoms with Crippen LogP contribution in [0.15, 0.2) is 54.2 Å². The maximum atomic E-state index is 5.16. The van der Waals surface area contributed by atoms with Crippen LogP contribution in [-0.4, -0.2) is 62.3 Å². The molecule has 0 bridgehead atoms. The van der Waals surface area contributed by atoms with Crippen molar-refractivity contribution < 1.29 is 4.74 Å². The normalized spacial score (nSPS) is 11.5. The molecule has 0 saturated heterocycles. The second-order valence-electron chi connectivity index (χ2n) is 7.69. The quantitative estimate of drug-likeness (QED) is 0.301. The number of likely N-dealkylation sites (N-methyl/N-ethyl adjacent to an activating group) is 1. The number of aromatic nitrogens is 6. The van der Waals surface area contributed by atoms with Crippen LogP contribution >= 0.6 is 11.3 Å². The van der Waals surface area contributed by atoms with Crippen LogP contribution in [0.3, 0.4) is 0 Å². The Bertz CT molecular complexity index is 1340. The third-order valence-electron chi connectivity index (χ3n) is 5.21. The Morgan fingerprint density at radius 2 is 2.12 bits per heavy atom. The zero-order valence-electron chi connectivity index (χ0n) is 18.4. The van der Waals surface area contributed by atoms with Crippen LogP contribution in [0.5, 0.6) is 0 Å². The van der Waals surface area contributed by atoms with E-state index >= 15 is 0 Å². The van der Waals surface area contributed by atoms with Gasteiger partial charge in [0.2, 0.25) is 0 Å². The molecule has 5 aromatic rings. The molecule has 5 rings (SSSR count). The first kappa shape index (κ1) is 21.3. The number of thiophene rings is 1. The van der Waals surface area contributed by atoms with Gasteiger partial charge in [-0.2, -0.15) is 5.10 Å². The van der Waals surface area contributed by atoms with Crippen LogP contribution < -0.4 is 5.32 Å². The topological polar surface area (TPSA) is 108 Å². The first-order chi connectivity index (χ1) is 16.2. The standard InChI is InChI=1S/C23H24N8OS/c1-31(9-10-32-2)14-15-5-6-16-17(12-15)28-23(27-16)21-18(13-25-30-21)26-20-7-8-24-22(29-20)19-4-3-11-33-19/h3-8,11-13H,9-10,14H2,1-2H3,(H,25,30)(H,27,28)(H,24,26,29). The molecule has 0 radical (unpaired) electrons. The van der Waals surface area contributed by atoms with Gasteiger partial charge in [0.15, 0.2) is 11.6 Å². The lowest BCUT2D eigenvalue weighted by Gasteiger charge is -2.15. The highest BCUT2D eigenvalue weighted by atomic mass is 32.1. The van der Waals surface area contributed by atoms with E-state index in [4.69, 9.17) is 9.72 Å². The van der Waals surface area contributed by atoms with Gasteiger partial charge in [0.05, 0.1) is 34.4 Å². The summed E-state index contributed by atoms with van der Waals surface area (Å²) in [7, 11) is 3.80. The molecule has 0 spiro atoms. The molecule has 0 atom stereocenters. The lowest BCUT2D eigenvalue weighted by atomic mass is 10.2. The van der Waals surface area contributed by atoms with Crippen molar-refractivity contribution in [2.75, 3.05) is 32.6 Å². The largest absolute Gasteiger partial charge is 0.383 e. The molecule has 0 aliphatic carbocycles. The number of ether oxygens (including phenoxy) is 1. The Hall–Kier alpha value is -3.60. The van der Waals surface area contributed by atoms with E-state index in [0.29, 0.717) is 24.1 Å². The monoisotopic (exact) mass is 460 g/mol. The number of methoxy groups -OCH3 is 1. The van der Waals surface area contributed by atoms with Gasteiger partial charge < -0.3 is 15.0 Å². The minimum absolute atomic E-state index is 0.687. The van der Waals surface area contributed by atoms with Crippen molar-refractivity contribution in [1.29, 1.82) is 0 Å². The van der Waals surface area contributed by atoms with Gasteiger partial charge >= 0.3 is 0 Å². The molecule has 0 fully saturated rings. The smallest absolute Gasteiger partial charge is 0.171 e. The maximum Gasteiger partial charge on any atom is 0.171 e. The zero-order chi connectivity index (χ0) is 22.6. The SMILES string of the molecule is COCCN(C)Cc1ccc2nc(-c3[nH]ncc3Nc3ccnc(-c4cccs4)n3)[nH]c2c1. The van der Waals surface area contributed by atoms with Crippen LogP contribution in [0.2, 0.25) is 0 Å². The number of fused-ring (bicyclic) bond motifs is 1. The van der Waals surface area contributed by atoms with Crippen molar-refractivity contribution in [3.8, 4) is 22.2 Å². The van der Waals surface area contributed by atoms with E-state index in [2.05, 4.69) is 54.5 Å². The van der Waals surface area contributed by atoms with Gasteiger partial charge in [-0.15, -0.1) is 11.3 Å². The third-order valence-corrected chi connectivity index (χ3v) is 6.08. The number of benzene rings is 1. The van der Waals surface area contributed by atoms with Gasteiger partial charge in [0.1, 0.15) is 11.5 Å². The Morgan fingerprint density at radius 1 is 1.18 bits per heavy atom. The zero-order valence-corrected chi connectivity index (χ0v) is 19.2. The number of nitrogens with one attached hydrogen (secondary N) is 3. The first-order valence-electron chi connectivity index (χ1n) is 10.5. The van der Waals surface area contributed by atoms with E-state index in [1.807, 2.05) is 29.6 Å². The van der Waals surface area contributed by atoms with Gasteiger partial charge in [-0.3, -0.25) is 10.00 Å². The molecule has 4 heterocycles. The summed E-state index contributed by atoms with van der Waals surface area (Å²) in [6, 6.07) is 12.1. The fourth-order valence-electron chi connectivity index (χ4n) is 3.56. The summed E-state index contributed by atoms with van der Waals surface area (Å²) >= 11 is 1.61. The van der Waals surface area contributed by atoms with E-state index < -0.39 is 0 Å². The molecular weight excluding hydrogens is 436 g/mol. The van der Waals surface area contributed by atoms with Gasteiger partial charge in [-0.25, -0.2) is 15.0 Å². The average Bonchev–Trinajstić information content (AvgIpc) is 3.58. The molecule has 33 heavy (non-hydrogen) atoms. The van der Waals surface area contributed by atoms with Crippen molar-refractivity contribution in [3.63, 3.8) is 0 Å². The van der Waals surface area contributed by atoms with E-state index in [9.17, 15) is 0 Å². The van der Waals surface area contributed by atoms with Gasteiger partial charge in [0.25, 0.3) is 0 Å². The van der Waals surface area contributed by atoms with Crippen molar-refractivity contribution in [3.05, 3.63) is 59.7 Å². The van der Waals surface area contributed by atoms with Crippen molar-refractivity contribution in [1.82, 2.24) is 35.0 Å². The number of aromatic amines is 2. The number of rotatable bonds is 9. The second kappa shape index (κ2) is 9.49. The van der Waals surface area contributed by atoms with Crippen molar-refractivity contribution in [2.24, 2.45) is 0 Å². The summed E-state index contributed by atoms with van der Waals surface area (Å²) in [6.45, 7) is 2.43. The number of anilines is 2. The lowest BCUT2D eigenvalue weighted by molar-refractivity contribution is 0.158. The summed E-state index contributed by atoms with van der Waals surface area (Å²) in [5.74, 6) is 2.09. The van der Waals surface area contributed by atoms with E-state index in [1.54, 1.807) is 30.8 Å². The number of nitrogens with zero attached hydrogens (tertiary/aromatic N) is 5. The molecule has 9 nitrogen and oxygen atoms in total. The lowest BCUT2D eigenvalue weighted by Crippen LogP contribution is -2.22. The Kier molecular flexibility index (Phi) is 6.11. The molecule has 10 heteroatoms. The molecule has 0 aliphatic heterocycles. The highest BCUT2D eigenvalue weighted by Gasteiger charge is 2.14. The second-order valence-corrected chi connectivity index (χ2v) is 8.64. The highest BCUT2D eigenvalue weighted by molar-refractivity contribution is 7.13. The van der Waals surface area contributed by atoms with Gasteiger partial charge in [-0.1, -0.05) is 12.1 Å². The van der Waals surface area contributed by atoms with Crippen molar-refractivity contribution >= 4 is 33.9 Å². The molecule has 4 aromatic heterocycles. The molecule has 0 amide bonds. The Labute approximate surface area is 194 Å². The number of hydrogen-bond acceptors (Lipinski definition) is 8. The van der Waals surface area contributed by atoms with Crippen LogP contribution in [-0.2, 0) is 11.3 Å². The highest BCUT2D eigenvalue weighted by Crippen LogP contribution is 2.29. The number of imidazole rings is 1. The number of H-pyrrole nitrogens is 2. The van der Waals surface area contributed by atoms with Crippen LogP contribution in [0, 0.1) is 0 Å². The van der Waals surface area contributed by atoms with Gasteiger partial charge in [0, 0.05) is 26.4 Å². The molecule has 0 saturated carbocycles. The average molecular weight is 461 g/mol. The Morgan fingerprint density at radius 3 is 2.97 bits per heavy atom. The summed E-state index contributed by atoms with van der Waals surface area (Å²) in [5, 5.41) is 12.6. The molecule has 0 aliphatic rings. The minimum atomic E-state index is 0.687. The maximum absolute atomic E-state index is 5.16. The van der Waals surface area contributed by atoms with Gasteiger partial charge in [-0.05, 0) is 42.3 Å². The summed E-state index contributed by atoms with van der Waals surface area (Å²) < 4.78 is 5.16. The van der Waals surface area contributed by atoms with E-state index in [0.717, 1.165) is 40.4 Å². The minimum Gasteiger partial charge on any atom is -0.383 e. The molecule has 0 unspecified atom stereocenters. The predicted molar refractivity (Wildman–Crippen MR) is 131 cm³/mol. The van der Waals surface area contributed by atoms with Crippen molar-refractivity contribution in [2.45, 2.75) is 6.54 Å². The number of hydrogen-bond donors (Lipinski definition) is 3. The molecule has 3 N–H and O–H groups in total. The third kappa shape index (κ3) is 4.77. The fourth-order valence-corrected chi connectivity index (χ4v) is 4.23.